The molecule has 0 aliphatic carbocycles. The number of aliphatic carboxylic acids is 2. The SMILES string of the molecule is CCCCC(C(=O)O)N(CCO)CCC(=O)O. The summed E-state index contributed by atoms with van der Waals surface area (Å²) in [6, 6.07) is -0.707. The summed E-state index contributed by atoms with van der Waals surface area (Å²) in [7, 11) is 0. The third-order valence-electron chi connectivity index (χ3n) is 2.56. The number of carboxylic acids is 2. The molecule has 6 heteroatoms. The molecule has 0 aliphatic heterocycles. The van der Waals surface area contributed by atoms with Crippen LogP contribution in [-0.2, 0) is 9.59 Å². The largest absolute Gasteiger partial charge is 0.481 e. The second-order valence-corrected chi connectivity index (χ2v) is 3.90. The molecule has 0 saturated heterocycles. The first-order chi connectivity index (χ1) is 8.02. The molecule has 0 spiro atoms. The lowest BCUT2D eigenvalue weighted by Gasteiger charge is -2.27. The topological polar surface area (TPSA) is 98.1 Å². The molecule has 3 N–H and O–H groups in total. The summed E-state index contributed by atoms with van der Waals surface area (Å²) in [5.74, 6) is -1.93. The van der Waals surface area contributed by atoms with Gasteiger partial charge in [0.05, 0.1) is 13.0 Å². The van der Waals surface area contributed by atoms with Gasteiger partial charge in [0, 0.05) is 13.1 Å². The van der Waals surface area contributed by atoms with Crippen LogP contribution in [0.1, 0.15) is 32.6 Å². The maximum Gasteiger partial charge on any atom is 0.320 e. The normalized spacial score (nSPS) is 12.6. The number of unbranched alkanes of at least 4 members (excludes halogenated alkanes) is 1. The Morgan fingerprint density at radius 3 is 2.29 bits per heavy atom. The van der Waals surface area contributed by atoms with Crippen LogP contribution in [0, 0.1) is 0 Å². The maximum atomic E-state index is 11.1. The van der Waals surface area contributed by atoms with Crippen molar-refractivity contribution in [3.8, 4) is 0 Å². The Balaban J connectivity index is 4.45. The fourth-order valence-electron chi connectivity index (χ4n) is 1.65. The van der Waals surface area contributed by atoms with Gasteiger partial charge in [-0.25, -0.2) is 0 Å². The van der Waals surface area contributed by atoms with Gasteiger partial charge in [0.1, 0.15) is 6.04 Å². The van der Waals surface area contributed by atoms with E-state index in [1.807, 2.05) is 6.92 Å². The molecule has 17 heavy (non-hydrogen) atoms. The van der Waals surface area contributed by atoms with Gasteiger partial charge in [0.2, 0.25) is 0 Å². The van der Waals surface area contributed by atoms with Crippen LogP contribution in [0.2, 0.25) is 0 Å². The van der Waals surface area contributed by atoms with Gasteiger partial charge in [0.15, 0.2) is 0 Å². The van der Waals surface area contributed by atoms with E-state index in [1.54, 1.807) is 0 Å². The van der Waals surface area contributed by atoms with Crippen LogP contribution < -0.4 is 0 Å². The Labute approximate surface area is 101 Å². The van der Waals surface area contributed by atoms with Gasteiger partial charge >= 0.3 is 11.9 Å². The highest BCUT2D eigenvalue weighted by molar-refractivity contribution is 5.73. The van der Waals surface area contributed by atoms with Crippen LogP contribution in [0.25, 0.3) is 0 Å². The smallest absolute Gasteiger partial charge is 0.320 e. The summed E-state index contributed by atoms with van der Waals surface area (Å²) in [6.45, 7) is 2.13. The molecule has 0 bridgehead atoms. The minimum atomic E-state index is -0.965. The van der Waals surface area contributed by atoms with Crippen LogP contribution in [-0.4, -0.2) is 57.9 Å². The molecule has 0 saturated carbocycles. The van der Waals surface area contributed by atoms with E-state index in [9.17, 15) is 9.59 Å². The standard InChI is InChI=1S/C11H21NO5/c1-2-3-4-9(11(16)17)12(7-8-13)6-5-10(14)15/h9,13H,2-8H2,1H3,(H,14,15)(H,16,17). The number of nitrogens with zero attached hydrogens (tertiary/aromatic N) is 1. The van der Waals surface area contributed by atoms with E-state index in [0.717, 1.165) is 12.8 Å². The zero-order valence-corrected chi connectivity index (χ0v) is 10.1. The summed E-state index contributed by atoms with van der Waals surface area (Å²) in [5.41, 5.74) is 0. The Hall–Kier alpha value is -1.14. The van der Waals surface area contributed by atoms with Crippen molar-refractivity contribution in [3.63, 3.8) is 0 Å². The quantitative estimate of drug-likeness (QED) is 0.517. The van der Waals surface area contributed by atoms with Crippen LogP contribution in [0.5, 0.6) is 0 Å². The number of rotatable bonds is 10. The third kappa shape index (κ3) is 6.91. The second-order valence-electron chi connectivity index (χ2n) is 3.90. The molecule has 6 nitrogen and oxygen atoms in total. The average molecular weight is 247 g/mol. The lowest BCUT2D eigenvalue weighted by Crippen LogP contribution is -2.43. The summed E-state index contributed by atoms with van der Waals surface area (Å²) in [5, 5.41) is 26.6. The van der Waals surface area contributed by atoms with E-state index in [0.29, 0.717) is 6.42 Å². The lowest BCUT2D eigenvalue weighted by atomic mass is 10.1. The molecule has 0 heterocycles. The first-order valence-corrected chi connectivity index (χ1v) is 5.82. The maximum absolute atomic E-state index is 11.1. The van der Waals surface area contributed by atoms with Crippen LogP contribution in [0.15, 0.2) is 0 Å². The fourth-order valence-corrected chi connectivity index (χ4v) is 1.65. The monoisotopic (exact) mass is 247 g/mol. The van der Waals surface area contributed by atoms with E-state index >= 15 is 0 Å². The summed E-state index contributed by atoms with van der Waals surface area (Å²) < 4.78 is 0. The van der Waals surface area contributed by atoms with Crippen molar-refractivity contribution < 1.29 is 24.9 Å². The van der Waals surface area contributed by atoms with Gasteiger partial charge < -0.3 is 15.3 Å². The Morgan fingerprint density at radius 1 is 1.24 bits per heavy atom. The zero-order chi connectivity index (χ0) is 13.3. The van der Waals surface area contributed by atoms with Crippen LogP contribution in [0.4, 0.5) is 0 Å². The molecule has 0 aromatic rings. The van der Waals surface area contributed by atoms with Crippen molar-refractivity contribution >= 4 is 11.9 Å². The van der Waals surface area contributed by atoms with Crippen LogP contribution >= 0.6 is 0 Å². The molecule has 100 valence electrons. The van der Waals surface area contributed by atoms with Gasteiger partial charge in [0.25, 0.3) is 0 Å². The molecule has 0 fully saturated rings. The van der Waals surface area contributed by atoms with Gasteiger partial charge in [-0.2, -0.15) is 0 Å². The molecule has 0 aliphatic rings. The van der Waals surface area contributed by atoms with Gasteiger partial charge in [-0.3, -0.25) is 14.5 Å². The third-order valence-corrected chi connectivity index (χ3v) is 2.56. The molecular formula is C11H21NO5. The molecule has 0 amide bonds. The highest BCUT2D eigenvalue weighted by Crippen LogP contribution is 2.10. The Morgan fingerprint density at radius 2 is 1.88 bits per heavy atom. The molecule has 1 unspecified atom stereocenters. The summed E-state index contributed by atoms with van der Waals surface area (Å²) >= 11 is 0. The molecule has 1 atom stereocenters. The van der Waals surface area contributed by atoms with Crippen molar-refractivity contribution in [2.75, 3.05) is 19.7 Å². The van der Waals surface area contributed by atoms with E-state index in [4.69, 9.17) is 15.3 Å². The molecule has 0 radical (unpaired) electrons. The predicted octanol–water partition coefficient (Wildman–Crippen LogP) is 0.399. The van der Waals surface area contributed by atoms with E-state index < -0.39 is 18.0 Å². The van der Waals surface area contributed by atoms with Gasteiger partial charge in [-0.05, 0) is 6.42 Å². The minimum absolute atomic E-state index is 0.115. The van der Waals surface area contributed by atoms with Crippen molar-refractivity contribution in [1.82, 2.24) is 4.90 Å². The summed E-state index contributed by atoms with van der Waals surface area (Å²) in [4.78, 5) is 23.1. The molecule has 0 aromatic carbocycles. The van der Waals surface area contributed by atoms with Crippen molar-refractivity contribution in [2.24, 2.45) is 0 Å². The molecular weight excluding hydrogens is 226 g/mol. The number of hydrogen-bond acceptors (Lipinski definition) is 4. The number of aliphatic hydroxyl groups is 1. The zero-order valence-electron chi connectivity index (χ0n) is 10.1. The predicted molar refractivity (Wildman–Crippen MR) is 61.9 cm³/mol. The van der Waals surface area contributed by atoms with E-state index in [1.165, 1.54) is 4.90 Å². The van der Waals surface area contributed by atoms with Crippen molar-refractivity contribution in [3.05, 3.63) is 0 Å². The van der Waals surface area contributed by atoms with Gasteiger partial charge in [-0.15, -0.1) is 0 Å². The lowest BCUT2D eigenvalue weighted by molar-refractivity contribution is -0.145. The van der Waals surface area contributed by atoms with Crippen molar-refractivity contribution in [1.29, 1.82) is 0 Å². The first kappa shape index (κ1) is 15.9. The van der Waals surface area contributed by atoms with Crippen LogP contribution in [0.3, 0.4) is 0 Å². The highest BCUT2D eigenvalue weighted by Gasteiger charge is 2.24. The fraction of sp³-hybridized carbons (Fsp3) is 0.818. The Kier molecular flexibility index (Phi) is 8.35. The van der Waals surface area contributed by atoms with E-state index in [-0.39, 0.29) is 26.1 Å². The number of aliphatic hydroxyl groups excluding tert-OH is 1. The Bertz CT molecular complexity index is 244. The number of hydrogen-bond donors (Lipinski definition) is 3. The first-order valence-electron chi connectivity index (χ1n) is 5.82. The molecule has 0 rings (SSSR count). The molecule has 0 aromatic heterocycles. The van der Waals surface area contributed by atoms with Crippen molar-refractivity contribution in [2.45, 2.75) is 38.6 Å². The van der Waals surface area contributed by atoms with Gasteiger partial charge in [-0.1, -0.05) is 19.8 Å². The minimum Gasteiger partial charge on any atom is -0.481 e. The highest BCUT2D eigenvalue weighted by atomic mass is 16.4. The van der Waals surface area contributed by atoms with E-state index in [2.05, 4.69) is 0 Å². The number of carboxylic acid groups (broad SMARTS) is 2. The summed E-state index contributed by atoms with van der Waals surface area (Å²) in [6.07, 6.45) is 2.02. The number of carbonyl (C=O) groups is 2. The second kappa shape index (κ2) is 8.95. The average Bonchev–Trinajstić information content (AvgIpc) is 2.25.